The molecule has 0 bridgehead atoms. The summed E-state index contributed by atoms with van der Waals surface area (Å²) >= 11 is 0. The highest BCUT2D eigenvalue weighted by Crippen LogP contribution is 2.21. The standard InChI is InChI=1S/C14H23N7/c1-14(2,3)15-9-11-5-4-8-20(10-11)13-7-6-12-16-18-19-21(12)17-13/h6-7,11,15H,4-5,8-10H2,1-3H3. The lowest BCUT2D eigenvalue weighted by Gasteiger charge is -2.35. The SMILES string of the molecule is CC(C)(C)NCC1CCCN(c2ccc3nnnn3n2)C1. The van der Waals surface area contributed by atoms with E-state index < -0.39 is 0 Å². The average Bonchev–Trinajstić information content (AvgIpc) is 2.92. The Morgan fingerprint density at radius 2 is 2.19 bits per heavy atom. The molecule has 1 N–H and O–H groups in total. The van der Waals surface area contributed by atoms with Gasteiger partial charge >= 0.3 is 0 Å². The van der Waals surface area contributed by atoms with Gasteiger partial charge in [0.2, 0.25) is 0 Å². The highest BCUT2D eigenvalue weighted by atomic mass is 15.6. The van der Waals surface area contributed by atoms with Crippen molar-refractivity contribution in [3.05, 3.63) is 12.1 Å². The Morgan fingerprint density at radius 3 is 3.00 bits per heavy atom. The van der Waals surface area contributed by atoms with Crippen LogP contribution in [-0.4, -0.2) is 50.4 Å². The van der Waals surface area contributed by atoms with Crippen LogP contribution in [0, 0.1) is 5.92 Å². The summed E-state index contributed by atoms with van der Waals surface area (Å²) in [5.74, 6) is 1.61. The Kier molecular flexibility index (Phi) is 3.75. The minimum absolute atomic E-state index is 0.172. The molecule has 114 valence electrons. The molecule has 0 spiro atoms. The van der Waals surface area contributed by atoms with Gasteiger partial charge in [-0.2, -0.15) is 0 Å². The molecule has 21 heavy (non-hydrogen) atoms. The normalized spacial score (nSPS) is 20.1. The van der Waals surface area contributed by atoms with Crippen molar-refractivity contribution in [3.63, 3.8) is 0 Å². The molecule has 0 aromatic carbocycles. The summed E-state index contributed by atoms with van der Waals surface area (Å²) in [4.78, 5) is 2.33. The van der Waals surface area contributed by atoms with Crippen LogP contribution in [0.15, 0.2) is 12.1 Å². The summed E-state index contributed by atoms with van der Waals surface area (Å²) < 4.78 is 1.49. The second-order valence-corrected chi connectivity index (χ2v) is 6.80. The van der Waals surface area contributed by atoms with Crippen LogP contribution in [-0.2, 0) is 0 Å². The molecule has 0 radical (unpaired) electrons. The Morgan fingerprint density at radius 1 is 1.33 bits per heavy atom. The van der Waals surface area contributed by atoms with Crippen molar-refractivity contribution in [2.24, 2.45) is 5.92 Å². The van der Waals surface area contributed by atoms with Crippen molar-refractivity contribution in [3.8, 4) is 0 Å². The van der Waals surface area contributed by atoms with Gasteiger partial charge < -0.3 is 10.2 Å². The Bertz CT molecular complexity index is 601. The monoisotopic (exact) mass is 289 g/mol. The van der Waals surface area contributed by atoms with Gasteiger partial charge in [0.1, 0.15) is 0 Å². The predicted octanol–water partition coefficient (Wildman–Crippen LogP) is 1.12. The zero-order valence-electron chi connectivity index (χ0n) is 13.0. The highest BCUT2D eigenvalue weighted by molar-refractivity contribution is 5.44. The van der Waals surface area contributed by atoms with Gasteiger partial charge in [0.15, 0.2) is 11.5 Å². The van der Waals surface area contributed by atoms with Gasteiger partial charge in [0.25, 0.3) is 0 Å². The second-order valence-electron chi connectivity index (χ2n) is 6.80. The maximum atomic E-state index is 4.49. The van der Waals surface area contributed by atoms with E-state index in [1.54, 1.807) is 0 Å². The summed E-state index contributed by atoms with van der Waals surface area (Å²) in [6.07, 6.45) is 2.47. The van der Waals surface area contributed by atoms with Crippen molar-refractivity contribution in [2.75, 3.05) is 24.5 Å². The summed E-state index contributed by atoms with van der Waals surface area (Å²) in [5, 5.41) is 19.5. The van der Waals surface area contributed by atoms with Gasteiger partial charge in [0.05, 0.1) is 0 Å². The smallest absolute Gasteiger partial charge is 0.200 e. The van der Waals surface area contributed by atoms with E-state index in [0.29, 0.717) is 11.6 Å². The molecule has 1 aliphatic rings. The fourth-order valence-corrected chi connectivity index (χ4v) is 2.70. The molecular formula is C14H23N7. The molecule has 3 rings (SSSR count). The number of aromatic nitrogens is 5. The molecule has 1 fully saturated rings. The van der Waals surface area contributed by atoms with Crippen LogP contribution >= 0.6 is 0 Å². The van der Waals surface area contributed by atoms with Gasteiger partial charge in [-0.15, -0.1) is 14.8 Å². The molecule has 1 saturated heterocycles. The van der Waals surface area contributed by atoms with Crippen LogP contribution < -0.4 is 10.2 Å². The molecule has 7 nitrogen and oxygen atoms in total. The summed E-state index contributed by atoms with van der Waals surface area (Å²) in [6, 6.07) is 3.92. The lowest BCUT2D eigenvalue weighted by molar-refractivity contribution is 0.334. The fourth-order valence-electron chi connectivity index (χ4n) is 2.70. The Balaban J connectivity index is 1.67. The van der Waals surface area contributed by atoms with Gasteiger partial charge in [-0.05, 0) is 62.1 Å². The number of rotatable bonds is 3. The lowest BCUT2D eigenvalue weighted by Crippen LogP contribution is -2.45. The molecule has 0 saturated carbocycles. The molecule has 0 aliphatic carbocycles. The molecule has 1 unspecified atom stereocenters. The van der Waals surface area contributed by atoms with Gasteiger partial charge in [-0.3, -0.25) is 0 Å². The maximum Gasteiger partial charge on any atom is 0.200 e. The van der Waals surface area contributed by atoms with Crippen LogP contribution in [0.1, 0.15) is 33.6 Å². The summed E-state index contributed by atoms with van der Waals surface area (Å²) in [7, 11) is 0. The average molecular weight is 289 g/mol. The first kappa shape index (κ1) is 14.2. The van der Waals surface area contributed by atoms with Gasteiger partial charge in [-0.1, -0.05) is 0 Å². The predicted molar refractivity (Wildman–Crippen MR) is 81.3 cm³/mol. The fraction of sp³-hybridized carbons (Fsp3) is 0.714. The number of anilines is 1. The van der Waals surface area contributed by atoms with E-state index in [4.69, 9.17) is 0 Å². The lowest BCUT2D eigenvalue weighted by atomic mass is 9.96. The topological polar surface area (TPSA) is 71.2 Å². The molecule has 0 amide bonds. The third-order valence-corrected chi connectivity index (χ3v) is 3.82. The van der Waals surface area contributed by atoms with Crippen molar-refractivity contribution in [1.82, 2.24) is 30.6 Å². The molecule has 2 aromatic rings. The minimum atomic E-state index is 0.172. The van der Waals surface area contributed by atoms with Crippen LogP contribution in [0.5, 0.6) is 0 Å². The highest BCUT2D eigenvalue weighted by Gasteiger charge is 2.22. The first-order valence-corrected chi connectivity index (χ1v) is 7.57. The number of hydrogen-bond acceptors (Lipinski definition) is 6. The first-order valence-electron chi connectivity index (χ1n) is 7.57. The molecular weight excluding hydrogens is 266 g/mol. The Hall–Kier alpha value is -1.76. The quantitative estimate of drug-likeness (QED) is 0.913. The van der Waals surface area contributed by atoms with Gasteiger partial charge in [-0.25, -0.2) is 0 Å². The number of nitrogens with one attached hydrogen (secondary N) is 1. The number of nitrogens with zero attached hydrogens (tertiary/aromatic N) is 6. The number of tetrazole rings is 1. The van der Waals surface area contributed by atoms with E-state index in [-0.39, 0.29) is 5.54 Å². The zero-order valence-corrected chi connectivity index (χ0v) is 13.0. The molecule has 3 heterocycles. The van der Waals surface area contributed by atoms with Crippen molar-refractivity contribution < 1.29 is 0 Å². The number of fused-ring (bicyclic) bond motifs is 1. The largest absolute Gasteiger partial charge is 0.355 e. The molecule has 2 aromatic heterocycles. The van der Waals surface area contributed by atoms with Crippen LogP contribution in [0.3, 0.4) is 0 Å². The molecule has 7 heteroatoms. The molecule has 1 aliphatic heterocycles. The maximum absolute atomic E-state index is 4.49. The van der Waals surface area contributed by atoms with Crippen molar-refractivity contribution in [2.45, 2.75) is 39.2 Å². The Labute approximate surface area is 124 Å². The summed E-state index contributed by atoms with van der Waals surface area (Å²) in [5.41, 5.74) is 0.855. The van der Waals surface area contributed by atoms with Crippen LogP contribution in [0.25, 0.3) is 5.65 Å². The van der Waals surface area contributed by atoms with Crippen LogP contribution in [0.4, 0.5) is 5.82 Å². The van der Waals surface area contributed by atoms with E-state index in [0.717, 1.165) is 25.5 Å². The number of piperidine rings is 1. The van der Waals surface area contributed by atoms with E-state index in [1.807, 2.05) is 12.1 Å². The second kappa shape index (κ2) is 5.55. The van der Waals surface area contributed by atoms with E-state index >= 15 is 0 Å². The van der Waals surface area contributed by atoms with Crippen molar-refractivity contribution in [1.29, 1.82) is 0 Å². The van der Waals surface area contributed by atoms with E-state index in [9.17, 15) is 0 Å². The number of hydrogen-bond donors (Lipinski definition) is 1. The van der Waals surface area contributed by atoms with Crippen molar-refractivity contribution >= 4 is 11.5 Å². The summed E-state index contributed by atoms with van der Waals surface area (Å²) in [6.45, 7) is 9.76. The van der Waals surface area contributed by atoms with E-state index in [2.05, 4.69) is 51.6 Å². The van der Waals surface area contributed by atoms with Gasteiger partial charge in [0, 0.05) is 25.2 Å². The minimum Gasteiger partial charge on any atom is -0.355 e. The first-order chi connectivity index (χ1) is 10.0. The molecule has 1 atom stereocenters. The third-order valence-electron chi connectivity index (χ3n) is 3.82. The third kappa shape index (κ3) is 3.47. The van der Waals surface area contributed by atoms with E-state index in [1.165, 1.54) is 17.5 Å². The van der Waals surface area contributed by atoms with Crippen LogP contribution in [0.2, 0.25) is 0 Å². The zero-order chi connectivity index (χ0) is 14.9.